The van der Waals surface area contributed by atoms with Crippen molar-refractivity contribution in [3.8, 4) is 0 Å². The molecule has 0 radical (unpaired) electrons. The predicted octanol–water partition coefficient (Wildman–Crippen LogP) is 3.08. The van der Waals surface area contributed by atoms with Crippen LogP contribution in [0.3, 0.4) is 0 Å². The summed E-state index contributed by atoms with van der Waals surface area (Å²) in [4.78, 5) is 11.7. The van der Waals surface area contributed by atoms with E-state index in [1.807, 2.05) is 6.92 Å². The number of nitrogens with one attached hydrogen (secondary N) is 2. The Morgan fingerprint density at radius 3 is 2.37 bits per heavy atom. The third-order valence-corrected chi connectivity index (χ3v) is 7.23. The van der Waals surface area contributed by atoms with Crippen LogP contribution in [-0.2, 0) is 10.0 Å². The Morgan fingerprint density at radius 2 is 1.85 bits per heavy atom. The summed E-state index contributed by atoms with van der Waals surface area (Å²) in [6.07, 6.45) is 0.117. The molecule has 2 fully saturated rings. The number of sulfonamides is 1. The van der Waals surface area contributed by atoms with Gasteiger partial charge >= 0.3 is 6.18 Å². The van der Waals surface area contributed by atoms with E-state index in [0.29, 0.717) is 17.8 Å². The Labute approximate surface area is 156 Å². The number of fused-ring (bicyclic) bond motifs is 2. The Bertz CT molecular complexity index is 793. The average Bonchev–Trinajstić information content (AvgIpc) is 3.22. The van der Waals surface area contributed by atoms with Crippen LogP contribution in [0, 0.1) is 17.8 Å². The number of rotatable bonds is 6. The molecule has 0 aromatic heterocycles. The van der Waals surface area contributed by atoms with Gasteiger partial charge in [-0.25, -0.2) is 13.1 Å². The fraction of sp³-hybridized carbons (Fsp3) is 0.611. The van der Waals surface area contributed by atoms with Crippen molar-refractivity contribution in [1.82, 2.24) is 10.0 Å². The van der Waals surface area contributed by atoms with Gasteiger partial charge in [0.05, 0.1) is 4.90 Å². The number of benzene rings is 1. The van der Waals surface area contributed by atoms with E-state index in [2.05, 4.69) is 4.72 Å². The summed E-state index contributed by atoms with van der Waals surface area (Å²) in [5.41, 5.74) is -0.0284. The summed E-state index contributed by atoms with van der Waals surface area (Å²) in [7, 11) is -3.75. The zero-order valence-corrected chi connectivity index (χ0v) is 15.7. The Kier molecular flexibility index (Phi) is 5.54. The second kappa shape index (κ2) is 7.43. The van der Waals surface area contributed by atoms with Crippen LogP contribution >= 0.6 is 0 Å². The fourth-order valence-electron chi connectivity index (χ4n) is 4.37. The first-order valence-corrected chi connectivity index (χ1v) is 10.5. The molecule has 0 saturated heterocycles. The number of hydrogen-bond acceptors (Lipinski definition) is 3. The number of carbonyl (C=O) groups excluding carboxylic acids is 1. The minimum absolute atomic E-state index is 0.00937. The number of alkyl halides is 3. The topological polar surface area (TPSA) is 75.3 Å². The van der Waals surface area contributed by atoms with Crippen LogP contribution in [0.25, 0.3) is 0 Å². The maximum atomic E-state index is 12.6. The van der Waals surface area contributed by atoms with E-state index in [1.54, 1.807) is 5.32 Å². The third kappa shape index (κ3) is 4.82. The second-order valence-electron chi connectivity index (χ2n) is 7.57. The van der Waals surface area contributed by atoms with Crippen LogP contribution in [0.4, 0.5) is 13.2 Å². The minimum atomic E-state index is -4.50. The van der Waals surface area contributed by atoms with E-state index >= 15 is 0 Å². The molecule has 27 heavy (non-hydrogen) atoms. The molecule has 1 aromatic rings. The van der Waals surface area contributed by atoms with Crippen LogP contribution in [0.15, 0.2) is 29.2 Å². The molecule has 1 amide bonds. The van der Waals surface area contributed by atoms with Gasteiger partial charge in [0, 0.05) is 11.6 Å². The zero-order valence-electron chi connectivity index (χ0n) is 14.9. The zero-order chi connectivity index (χ0) is 19.8. The van der Waals surface area contributed by atoms with Gasteiger partial charge in [0.1, 0.15) is 6.54 Å². The molecular formula is C18H23F3N2O3S. The van der Waals surface area contributed by atoms with Crippen molar-refractivity contribution in [1.29, 1.82) is 0 Å². The van der Waals surface area contributed by atoms with E-state index in [0.717, 1.165) is 12.8 Å². The van der Waals surface area contributed by atoms with Crippen LogP contribution in [0.2, 0.25) is 0 Å². The van der Waals surface area contributed by atoms with Crippen molar-refractivity contribution < 1.29 is 26.4 Å². The largest absolute Gasteiger partial charge is 0.405 e. The molecule has 1 aromatic carbocycles. The van der Waals surface area contributed by atoms with Gasteiger partial charge in [-0.15, -0.1) is 0 Å². The van der Waals surface area contributed by atoms with Gasteiger partial charge in [-0.05, 0) is 68.2 Å². The molecule has 2 aliphatic carbocycles. The highest BCUT2D eigenvalue weighted by molar-refractivity contribution is 7.89. The predicted molar refractivity (Wildman–Crippen MR) is 93.6 cm³/mol. The molecule has 4 unspecified atom stereocenters. The number of carbonyl (C=O) groups is 1. The van der Waals surface area contributed by atoms with Gasteiger partial charge in [-0.2, -0.15) is 13.2 Å². The van der Waals surface area contributed by atoms with Crippen LogP contribution in [0.5, 0.6) is 0 Å². The van der Waals surface area contributed by atoms with Gasteiger partial charge < -0.3 is 5.32 Å². The van der Waals surface area contributed by atoms with Gasteiger partial charge in [-0.3, -0.25) is 4.79 Å². The monoisotopic (exact) mass is 404 g/mol. The Balaban J connectivity index is 1.62. The summed E-state index contributed by atoms with van der Waals surface area (Å²) in [6, 6.07) is 4.71. The number of halogens is 3. The SMILES string of the molecule is CC(NS(=O)(=O)c1ccc(C(=O)NCC(F)(F)F)cc1)C1CC2CCC1C2. The summed E-state index contributed by atoms with van der Waals surface area (Å²) in [5.74, 6) is 0.722. The fourth-order valence-corrected chi connectivity index (χ4v) is 5.67. The maximum Gasteiger partial charge on any atom is 0.405 e. The summed E-state index contributed by atoms with van der Waals surface area (Å²) in [6.45, 7) is 0.441. The van der Waals surface area contributed by atoms with Crippen molar-refractivity contribution in [3.05, 3.63) is 29.8 Å². The lowest BCUT2D eigenvalue weighted by molar-refractivity contribution is -0.123. The van der Waals surface area contributed by atoms with Gasteiger partial charge in [0.15, 0.2) is 0 Å². The first-order valence-electron chi connectivity index (χ1n) is 9.02. The molecule has 150 valence electrons. The van der Waals surface area contributed by atoms with E-state index in [-0.39, 0.29) is 16.5 Å². The molecule has 2 bridgehead atoms. The van der Waals surface area contributed by atoms with E-state index in [4.69, 9.17) is 0 Å². The van der Waals surface area contributed by atoms with Crippen LogP contribution in [-0.4, -0.2) is 33.1 Å². The molecule has 2 aliphatic rings. The van der Waals surface area contributed by atoms with Gasteiger partial charge in [0.2, 0.25) is 10.0 Å². The molecule has 4 atom stereocenters. The molecule has 0 heterocycles. The third-order valence-electron chi connectivity index (χ3n) is 5.65. The maximum absolute atomic E-state index is 12.6. The smallest absolute Gasteiger partial charge is 0.343 e. The quantitative estimate of drug-likeness (QED) is 0.765. The van der Waals surface area contributed by atoms with E-state index < -0.39 is 28.7 Å². The highest BCUT2D eigenvalue weighted by Gasteiger charge is 2.42. The van der Waals surface area contributed by atoms with Crippen molar-refractivity contribution in [2.24, 2.45) is 17.8 Å². The molecule has 0 spiro atoms. The average molecular weight is 404 g/mol. The Morgan fingerprint density at radius 1 is 1.19 bits per heavy atom. The van der Waals surface area contributed by atoms with Crippen LogP contribution in [0.1, 0.15) is 43.0 Å². The van der Waals surface area contributed by atoms with Crippen molar-refractivity contribution >= 4 is 15.9 Å². The molecule has 0 aliphatic heterocycles. The van der Waals surface area contributed by atoms with Crippen molar-refractivity contribution in [2.45, 2.75) is 49.7 Å². The molecular weight excluding hydrogens is 381 g/mol. The van der Waals surface area contributed by atoms with E-state index in [9.17, 15) is 26.4 Å². The Hall–Kier alpha value is -1.61. The highest BCUT2D eigenvalue weighted by atomic mass is 32.2. The molecule has 3 rings (SSSR count). The lowest BCUT2D eigenvalue weighted by Crippen LogP contribution is -2.40. The number of hydrogen-bond donors (Lipinski definition) is 2. The standard InChI is InChI=1S/C18H23F3N2O3S/c1-11(16-9-12-2-3-14(16)8-12)23-27(25,26)15-6-4-13(5-7-15)17(24)22-10-18(19,20)21/h4-7,11-12,14,16,23H,2-3,8-10H2,1H3,(H,22,24). The van der Waals surface area contributed by atoms with Gasteiger partial charge in [0.25, 0.3) is 5.91 Å². The molecule has 5 nitrogen and oxygen atoms in total. The second-order valence-corrected chi connectivity index (χ2v) is 9.28. The summed E-state index contributed by atoms with van der Waals surface area (Å²) >= 11 is 0. The summed E-state index contributed by atoms with van der Waals surface area (Å²) < 4.78 is 64.3. The first kappa shape index (κ1) is 20.1. The van der Waals surface area contributed by atoms with E-state index in [1.165, 1.54) is 37.1 Å². The first-order chi connectivity index (χ1) is 12.5. The van der Waals surface area contributed by atoms with Crippen LogP contribution < -0.4 is 10.0 Å². The highest BCUT2D eigenvalue weighted by Crippen LogP contribution is 2.49. The number of amides is 1. The normalized spacial score (nSPS) is 26.1. The minimum Gasteiger partial charge on any atom is -0.343 e. The lowest BCUT2D eigenvalue weighted by atomic mass is 9.84. The molecule has 2 saturated carbocycles. The molecule has 9 heteroatoms. The lowest BCUT2D eigenvalue weighted by Gasteiger charge is -2.28. The van der Waals surface area contributed by atoms with Crippen molar-refractivity contribution in [3.63, 3.8) is 0 Å². The van der Waals surface area contributed by atoms with Gasteiger partial charge in [-0.1, -0.05) is 6.42 Å². The summed E-state index contributed by atoms with van der Waals surface area (Å²) in [5, 5.41) is 1.75. The van der Waals surface area contributed by atoms with Crippen molar-refractivity contribution in [2.75, 3.05) is 6.54 Å². The molecule has 2 N–H and O–H groups in total.